The second-order valence-electron chi connectivity index (χ2n) is 9.63. The van der Waals surface area contributed by atoms with Crippen molar-refractivity contribution in [1.82, 2.24) is 29.1 Å². The van der Waals surface area contributed by atoms with Crippen molar-refractivity contribution in [3.8, 4) is 28.7 Å². The van der Waals surface area contributed by atoms with Crippen LogP contribution in [0, 0.1) is 0 Å². The number of hydrogen-bond donors (Lipinski definition) is 0. The fourth-order valence-electron chi connectivity index (χ4n) is 4.99. The van der Waals surface area contributed by atoms with Crippen molar-refractivity contribution < 1.29 is 17.9 Å². The molecule has 10 heteroatoms. The molecule has 1 aliphatic carbocycles. The van der Waals surface area contributed by atoms with E-state index in [1.807, 2.05) is 31.3 Å². The van der Waals surface area contributed by atoms with Gasteiger partial charge in [0.25, 0.3) is 0 Å². The number of nitrogens with zero attached hydrogens (tertiary/aromatic N) is 6. The van der Waals surface area contributed by atoms with Crippen molar-refractivity contribution in [3.63, 3.8) is 0 Å². The van der Waals surface area contributed by atoms with Crippen molar-refractivity contribution in [3.05, 3.63) is 77.5 Å². The summed E-state index contributed by atoms with van der Waals surface area (Å²) in [5.74, 6) is 1.94. The first kappa shape index (κ1) is 24.1. The van der Waals surface area contributed by atoms with Crippen LogP contribution in [0.25, 0.3) is 33.8 Å². The predicted octanol–water partition coefficient (Wildman–Crippen LogP) is 5.93. The summed E-state index contributed by atoms with van der Waals surface area (Å²) in [4.78, 5) is 17.7. The Kier molecular flexibility index (Phi) is 5.70. The average Bonchev–Trinajstić information content (AvgIpc) is 3.59. The summed E-state index contributed by atoms with van der Waals surface area (Å²) >= 11 is 0. The smallest absolute Gasteiger partial charge is 0.434 e. The minimum atomic E-state index is -4.48. The zero-order chi connectivity index (χ0) is 26.6. The van der Waals surface area contributed by atoms with Gasteiger partial charge in [0, 0.05) is 31.8 Å². The zero-order valence-electron chi connectivity index (χ0n) is 21.1. The highest BCUT2D eigenvalue weighted by molar-refractivity contribution is 5.85. The first-order valence-corrected chi connectivity index (χ1v) is 12.3. The zero-order valence-corrected chi connectivity index (χ0v) is 21.1. The van der Waals surface area contributed by atoms with Crippen LogP contribution in [0.4, 0.5) is 13.2 Å². The van der Waals surface area contributed by atoms with Crippen LogP contribution in [0.2, 0.25) is 0 Å². The molecule has 3 aromatic heterocycles. The third kappa shape index (κ3) is 4.19. The molecule has 2 aromatic carbocycles. The molecule has 0 unspecified atom stereocenters. The number of ether oxygens (including phenoxy) is 1. The highest BCUT2D eigenvalue weighted by atomic mass is 19.4. The van der Waals surface area contributed by atoms with Crippen molar-refractivity contribution in [1.29, 1.82) is 0 Å². The van der Waals surface area contributed by atoms with Gasteiger partial charge in [0.15, 0.2) is 5.69 Å². The summed E-state index contributed by atoms with van der Waals surface area (Å²) in [6.45, 7) is 0. The fraction of sp³-hybridized carbons (Fsp3) is 0.286. The molecule has 0 spiro atoms. The molecule has 0 radical (unpaired) electrons. The van der Waals surface area contributed by atoms with Crippen LogP contribution in [0.5, 0.6) is 5.88 Å². The molecule has 1 aliphatic rings. The van der Waals surface area contributed by atoms with Crippen molar-refractivity contribution in [2.24, 2.45) is 14.1 Å². The molecule has 0 aliphatic heterocycles. The molecule has 5 aromatic rings. The van der Waals surface area contributed by atoms with E-state index in [2.05, 4.69) is 25.6 Å². The molecule has 38 heavy (non-hydrogen) atoms. The SMILES string of the molecule is COc1ncnc(C2CC2)c1-c1nc2cccc(Cc3ccc(-c4nc(C(F)(F)F)cn4C)cc3)c2n1C. The van der Waals surface area contributed by atoms with E-state index in [0.717, 1.165) is 58.3 Å². The van der Waals surface area contributed by atoms with Crippen LogP contribution >= 0.6 is 0 Å². The number of aromatic nitrogens is 6. The number of methoxy groups -OCH3 is 1. The van der Waals surface area contributed by atoms with E-state index in [9.17, 15) is 13.2 Å². The maximum absolute atomic E-state index is 13.1. The van der Waals surface area contributed by atoms with Crippen LogP contribution in [0.1, 0.15) is 41.3 Å². The Bertz CT molecular complexity index is 1650. The van der Waals surface area contributed by atoms with E-state index in [1.165, 1.54) is 4.57 Å². The van der Waals surface area contributed by atoms with Crippen molar-refractivity contribution in [2.45, 2.75) is 31.4 Å². The third-order valence-corrected chi connectivity index (χ3v) is 6.97. The predicted molar refractivity (Wildman–Crippen MR) is 137 cm³/mol. The molecular weight excluding hydrogens is 493 g/mol. The summed E-state index contributed by atoms with van der Waals surface area (Å²) in [5, 5.41) is 0. The highest BCUT2D eigenvalue weighted by Crippen LogP contribution is 2.45. The van der Waals surface area contributed by atoms with Gasteiger partial charge in [-0.2, -0.15) is 13.2 Å². The number of benzene rings is 2. The second kappa shape index (κ2) is 8.97. The maximum atomic E-state index is 13.1. The molecule has 6 rings (SSSR count). The molecule has 0 bridgehead atoms. The van der Waals surface area contributed by atoms with Gasteiger partial charge in [0.1, 0.15) is 23.5 Å². The first-order valence-electron chi connectivity index (χ1n) is 12.3. The van der Waals surface area contributed by atoms with Gasteiger partial charge >= 0.3 is 6.18 Å². The van der Waals surface area contributed by atoms with Crippen LogP contribution in [0.3, 0.4) is 0 Å². The van der Waals surface area contributed by atoms with Gasteiger partial charge in [-0.05, 0) is 36.5 Å². The number of aryl methyl sites for hydroxylation is 2. The fourth-order valence-corrected chi connectivity index (χ4v) is 4.99. The van der Waals surface area contributed by atoms with Gasteiger partial charge in [-0.15, -0.1) is 0 Å². The van der Waals surface area contributed by atoms with E-state index < -0.39 is 11.9 Å². The number of halogens is 3. The Morgan fingerprint density at radius 1 is 0.974 bits per heavy atom. The Hall–Kier alpha value is -4.21. The van der Waals surface area contributed by atoms with Crippen molar-refractivity contribution in [2.75, 3.05) is 7.11 Å². The van der Waals surface area contributed by atoms with Gasteiger partial charge in [0.2, 0.25) is 5.88 Å². The van der Waals surface area contributed by atoms with E-state index in [-0.39, 0.29) is 5.82 Å². The molecule has 0 atom stereocenters. The summed E-state index contributed by atoms with van der Waals surface area (Å²) in [5.41, 5.74) is 5.48. The van der Waals surface area contributed by atoms with Gasteiger partial charge in [-0.1, -0.05) is 36.4 Å². The Morgan fingerprint density at radius 2 is 1.74 bits per heavy atom. The van der Waals surface area contributed by atoms with Gasteiger partial charge in [-0.3, -0.25) is 0 Å². The molecule has 7 nitrogen and oxygen atoms in total. The number of hydrogen-bond acceptors (Lipinski definition) is 5. The minimum absolute atomic E-state index is 0.271. The molecule has 0 amide bonds. The van der Waals surface area contributed by atoms with E-state index in [4.69, 9.17) is 9.72 Å². The van der Waals surface area contributed by atoms with Gasteiger partial charge < -0.3 is 13.9 Å². The molecular formula is C28H25F3N6O. The topological polar surface area (TPSA) is 70.7 Å². The maximum Gasteiger partial charge on any atom is 0.434 e. The number of rotatable bonds is 6. The van der Waals surface area contributed by atoms with Gasteiger partial charge in [0.05, 0.1) is 23.8 Å². The highest BCUT2D eigenvalue weighted by Gasteiger charge is 2.35. The summed E-state index contributed by atoms with van der Waals surface area (Å²) in [6, 6.07) is 13.5. The quantitative estimate of drug-likeness (QED) is 0.279. The number of imidazole rings is 2. The molecule has 3 heterocycles. The lowest BCUT2D eigenvalue weighted by Crippen LogP contribution is -2.04. The monoisotopic (exact) mass is 518 g/mol. The van der Waals surface area contributed by atoms with Crippen LogP contribution in [0.15, 0.2) is 55.0 Å². The van der Waals surface area contributed by atoms with Gasteiger partial charge in [-0.25, -0.2) is 19.9 Å². The Balaban J connectivity index is 1.35. The lowest BCUT2D eigenvalue weighted by molar-refractivity contribution is -0.140. The Morgan fingerprint density at radius 3 is 2.39 bits per heavy atom. The summed E-state index contributed by atoms with van der Waals surface area (Å²) in [7, 11) is 5.16. The first-order chi connectivity index (χ1) is 18.2. The Labute approximate surface area is 217 Å². The van der Waals surface area contributed by atoms with Crippen molar-refractivity contribution >= 4 is 11.0 Å². The van der Waals surface area contributed by atoms with E-state index in [1.54, 1.807) is 32.6 Å². The molecule has 1 fully saturated rings. The molecule has 0 N–H and O–H groups in total. The number of fused-ring (bicyclic) bond motifs is 1. The normalized spacial score (nSPS) is 13.8. The van der Waals surface area contributed by atoms with E-state index >= 15 is 0 Å². The van der Waals surface area contributed by atoms with Crippen LogP contribution < -0.4 is 4.74 Å². The lowest BCUT2D eigenvalue weighted by atomic mass is 10.0. The minimum Gasteiger partial charge on any atom is -0.480 e. The molecule has 0 saturated heterocycles. The van der Waals surface area contributed by atoms with Crippen LogP contribution in [-0.2, 0) is 26.7 Å². The largest absolute Gasteiger partial charge is 0.480 e. The molecule has 1 saturated carbocycles. The number of alkyl halides is 3. The standard InChI is InChI=1S/C28H25F3N6O/c1-36-14-21(28(29,30)31)35-25(36)18-9-7-16(8-10-18)13-19-5-4-6-20-24(19)37(2)26(34-20)22-23(17-11-12-17)32-15-33-27(22)38-3/h4-10,14-15,17H,11-13H2,1-3H3. The second-order valence-corrected chi connectivity index (χ2v) is 9.63. The molecule has 194 valence electrons. The number of para-hydroxylation sites is 1. The van der Waals surface area contributed by atoms with Crippen LogP contribution in [-0.4, -0.2) is 36.2 Å². The average molecular weight is 519 g/mol. The van der Waals surface area contributed by atoms with E-state index in [0.29, 0.717) is 23.8 Å². The summed E-state index contributed by atoms with van der Waals surface area (Å²) in [6.07, 6.45) is 0.880. The third-order valence-electron chi connectivity index (χ3n) is 6.97. The lowest BCUT2D eigenvalue weighted by Gasteiger charge is -2.12. The summed E-state index contributed by atoms with van der Waals surface area (Å²) < 4.78 is 48.3.